The van der Waals surface area contributed by atoms with E-state index in [-0.39, 0.29) is 6.03 Å². The molecule has 7 heteroatoms. The standard InChI is InChI=1S/C16H21FN2O4/c1-10(14-12(17)4-3-5-13(14)23-2)18-16(22)19-8-6-11(7-9-19)15(20)21/h3-5,10-11H,6-9H2,1-2H3,(H,18,22)(H,20,21). The largest absolute Gasteiger partial charge is 0.496 e. The van der Waals surface area contributed by atoms with Crippen molar-refractivity contribution in [2.24, 2.45) is 5.92 Å². The number of carboxylic acids is 1. The average molecular weight is 324 g/mol. The van der Waals surface area contributed by atoms with Gasteiger partial charge in [-0.25, -0.2) is 9.18 Å². The fourth-order valence-electron chi connectivity index (χ4n) is 2.79. The fourth-order valence-corrected chi connectivity index (χ4v) is 2.79. The highest BCUT2D eigenvalue weighted by Gasteiger charge is 2.28. The number of amides is 2. The first-order valence-corrected chi connectivity index (χ1v) is 7.54. The molecule has 2 rings (SSSR count). The molecule has 1 aromatic carbocycles. The predicted molar refractivity (Wildman–Crippen MR) is 81.8 cm³/mol. The van der Waals surface area contributed by atoms with Crippen LogP contribution in [0.15, 0.2) is 18.2 Å². The lowest BCUT2D eigenvalue weighted by atomic mass is 9.97. The van der Waals surface area contributed by atoms with Crippen LogP contribution in [0.25, 0.3) is 0 Å². The smallest absolute Gasteiger partial charge is 0.317 e. The van der Waals surface area contributed by atoms with Crippen molar-refractivity contribution >= 4 is 12.0 Å². The summed E-state index contributed by atoms with van der Waals surface area (Å²) in [7, 11) is 1.45. The molecule has 1 heterocycles. The van der Waals surface area contributed by atoms with Gasteiger partial charge in [0.15, 0.2) is 0 Å². The molecule has 1 fully saturated rings. The lowest BCUT2D eigenvalue weighted by Gasteiger charge is -2.31. The molecular formula is C16H21FN2O4. The Balaban J connectivity index is 2.00. The maximum Gasteiger partial charge on any atom is 0.317 e. The number of likely N-dealkylation sites (tertiary alicyclic amines) is 1. The molecular weight excluding hydrogens is 303 g/mol. The molecule has 6 nitrogen and oxygen atoms in total. The Hall–Kier alpha value is -2.31. The van der Waals surface area contributed by atoms with Crippen molar-refractivity contribution < 1.29 is 23.8 Å². The third-order valence-electron chi connectivity index (χ3n) is 4.14. The summed E-state index contributed by atoms with van der Waals surface area (Å²) in [6.45, 7) is 2.44. The molecule has 1 aromatic rings. The van der Waals surface area contributed by atoms with Gasteiger partial charge in [-0.05, 0) is 31.9 Å². The second-order valence-electron chi connectivity index (χ2n) is 5.63. The van der Waals surface area contributed by atoms with Gasteiger partial charge in [-0.3, -0.25) is 4.79 Å². The van der Waals surface area contributed by atoms with E-state index < -0.39 is 23.7 Å². The molecule has 1 aliphatic heterocycles. The van der Waals surface area contributed by atoms with Crippen LogP contribution in [0.2, 0.25) is 0 Å². The Morgan fingerprint density at radius 2 is 2.04 bits per heavy atom. The van der Waals surface area contributed by atoms with Crippen molar-refractivity contribution in [2.75, 3.05) is 20.2 Å². The van der Waals surface area contributed by atoms with Crippen molar-refractivity contribution in [1.29, 1.82) is 0 Å². The average Bonchev–Trinajstić information content (AvgIpc) is 2.54. The van der Waals surface area contributed by atoms with Gasteiger partial charge < -0.3 is 20.1 Å². The van der Waals surface area contributed by atoms with Crippen LogP contribution in [0.4, 0.5) is 9.18 Å². The third-order valence-corrected chi connectivity index (χ3v) is 4.14. The zero-order chi connectivity index (χ0) is 17.0. The van der Waals surface area contributed by atoms with Crippen molar-refractivity contribution in [3.05, 3.63) is 29.6 Å². The summed E-state index contributed by atoms with van der Waals surface area (Å²) in [4.78, 5) is 24.8. The summed E-state index contributed by atoms with van der Waals surface area (Å²) >= 11 is 0. The molecule has 1 aliphatic rings. The summed E-state index contributed by atoms with van der Waals surface area (Å²) in [5.41, 5.74) is 0.295. The number of nitrogens with zero attached hydrogens (tertiary/aromatic N) is 1. The van der Waals surface area contributed by atoms with E-state index in [1.807, 2.05) is 0 Å². The second kappa shape index (κ2) is 7.30. The van der Waals surface area contributed by atoms with E-state index in [0.29, 0.717) is 37.2 Å². The van der Waals surface area contributed by atoms with E-state index in [4.69, 9.17) is 9.84 Å². The molecule has 0 radical (unpaired) electrons. The van der Waals surface area contributed by atoms with Crippen molar-refractivity contribution in [3.63, 3.8) is 0 Å². The number of hydrogen-bond acceptors (Lipinski definition) is 3. The highest BCUT2D eigenvalue weighted by atomic mass is 19.1. The number of carboxylic acid groups (broad SMARTS) is 1. The number of aliphatic carboxylic acids is 1. The summed E-state index contributed by atoms with van der Waals surface area (Å²) in [6, 6.07) is 3.61. The van der Waals surface area contributed by atoms with Gasteiger partial charge in [-0.1, -0.05) is 6.07 Å². The molecule has 2 N–H and O–H groups in total. The molecule has 23 heavy (non-hydrogen) atoms. The molecule has 0 saturated carbocycles. The van der Waals surface area contributed by atoms with Crippen LogP contribution in [0.5, 0.6) is 5.75 Å². The minimum atomic E-state index is -0.825. The summed E-state index contributed by atoms with van der Waals surface area (Å²) < 4.78 is 19.2. The molecule has 0 aliphatic carbocycles. The predicted octanol–water partition coefficient (Wildman–Crippen LogP) is 2.40. The topological polar surface area (TPSA) is 78.9 Å². The minimum absolute atomic E-state index is 0.295. The normalized spacial score (nSPS) is 16.7. The van der Waals surface area contributed by atoms with Crippen LogP contribution in [0, 0.1) is 11.7 Å². The second-order valence-corrected chi connectivity index (χ2v) is 5.63. The number of carbonyl (C=O) groups excluding carboxylic acids is 1. The zero-order valence-electron chi connectivity index (χ0n) is 13.2. The van der Waals surface area contributed by atoms with Gasteiger partial charge in [0.25, 0.3) is 0 Å². The summed E-state index contributed by atoms with van der Waals surface area (Å²) in [6.07, 6.45) is 0.861. The number of benzene rings is 1. The molecule has 0 spiro atoms. The molecule has 1 atom stereocenters. The first-order chi connectivity index (χ1) is 10.9. The highest BCUT2D eigenvalue weighted by Crippen LogP contribution is 2.28. The van der Waals surface area contributed by atoms with Crippen LogP contribution in [0.3, 0.4) is 0 Å². The van der Waals surface area contributed by atoms with E-state index >= 15 is 0 Å². The first kappa shape index (κ1) is 17.1. The van der Waals surface area contributed by atoms with Gasteiger partial charge in [0.05, 0.1) is 24.6 Å². The van der Waals surface area contributed by atoms with Crippen LogP contribution in [-0.4, -0.2) is 42.2 Å². The SMILES string of the molecule is COc1cccc(F)c1C(C)NC(=O)N1CCC(C(=O)O)CC1. The Morgan fingerprint density at radius 1 is 1.39 bits per heavy atom. The Kier molecular flexibility index (Phi) is 5.41. The van der Waals surface area contributed by atoms with E-state index in [9.17, 15) is 14.0 Å². The number of ether oxygens (including phenoxy) is 1. The summed E-state index contributed by atoms with van der Waals surface area (Å²) in [5, 5.41) is 11.7. The highest BCUT2D eigenvalue weighted by molar-refractivity contribution is 5.76. The summed E-state index contributed by atoms with van der Waals surface area (Å²) in [5.74, 6) is -1.29. The molecule has 0 aromatic heterocycles. The molecule has 0 bridgehead atoms. The quantitative estimate of drug-likeness (QED) is 0.891. The van der Waals surface area contributed by atoms with Crippen molar-refractivity contribution in [2.45, 2.75) is 25.8 Å². The van der Waals surface area contributed by atoms with Gasteiger partial charge in [-0.2, -0.15) is 0 Å². The van der Waals surface area contributed by atoms with Gasteiger partial charge in [0, 0.05) is 13.1 Å². The van der Waals surface area contributed by atoms with Crippen LogP contribution in [-0.2, 0) is 4.79 Å². The number of nitrogens with one attached hydrogen (secondary N) is 1. The van der Waals surface area contributed by atoms with Gasteiger partial charge >= 0.3 is 12.0 Å². The fraction of sp³-hybridized carbons (Fsp3) is 0.500. The van der Waals surface area contributed by atoms with E-state index in [1.165, 1.54) is 13.2 Å². The Labute approximate surface area is 134 Å². The van der Waals surface area contributed by atoms with E-state index in [1.54, 1.807) is 24.0 Å². The molecule has 1 saturated heterocycles. The Morgan fingerprint density at radius 3 is 2.61 bits per heavy atom. The number of methoxy groups -OCH3 is 1. The number of rotatable bonds is 4. The van der Waals surface area contributed by atoms with Crippen LogP contribution < -0.4 is 10.1 Å². The first-order valence-electron chi connectivity index (χ1n) is 7.54. The van der Waals surface area contributed by atoms with Gasteiger partial charge in [0.2, 0.25) is 0 Å². The van der Waals surface area contributed by atoms with Gasteiger partial charge in [-0.15, -0.1) is 0 Å². The van der Waals surface area contributed by atoms with Crippen molar-refractivity contribution in [3.8, 4) is 5.75 Å². The monoisotopic (exact) mass is 324 g/mol. The third kappa shape index (κ3) is 3.91. The number of carbonyl (C=O) groups is 2. The number of hydrogen-bond donors (Lipinski definition) is 2. The molecule has 126 valence electrons. The number of urea groups is 1. The lowest BCUT2D eigenvalue weighted by Crippen LogP contribution is -2.46. The Bertz CT molecular complexity index is 585. The molecule has 2 amide bonds. The maximum absolute atomic E-state index is 14.0. The maximum atomic E-state index is 14.0. The van der Waals surface area contributed by atoms with Crippen LogP contribution >= 0.6 is 0 Å². The van der Waals surface area contributed by atoms with Crippen molar-refractivity contribution in [1.82, 2.24) is 10.2 Å². The lowest BCUT2D eigenvalue weighted by molar-refractivity contribution is -0.143. The van der Waals surface area contributed by atoms with E-state index in [2.05, 4.69) is 5.32 Å². The molecule has 1 unspecified atom stereocenters. The minimum Gasteiger partial charge on any atom is -0.496 e. The van der Waals surface area contributed by atoms with Gasteiger partial charge in [0.1, 0.15) is 11.6 Å². The zero-order valence-corrected chi connectivity index (χ0v) is 13.2. The van der Waals surface area contributed by atoms with Crippen LogP contribution in [0.1, 0.15) is 31.4 Å². The number of piperidine rings is 1. The number of halogens is 1. The van der Waals surface area contributed by atoms with E-state index in [0.717, 1.165) is 0 Å².